The summed E-state index contributed by atoms with van der Waals surface area (Å²) in [6.45, 7) is 4.02. The number of carbonyl (C=O) groups is 1. The van der Waals surface area contributed by atoms with Gasteiger partial charge in [0, 0.05) is 24.9 Å². The third-order valence-electron chi connectivity index (χ3n) is 3.49. The molecule has 0 amide bonds. The lowest BCUT2D eigenvalue weighted by atomic mass is 10.1. The monoisotopic (exact) mass is 353 g/mol. The highest BCUT2D eigenvalue weighted by atomic mass is 16.6. The lowest BCUT2D eigenvalue weighted by molar-refractivity contribution is -0.142. The molecular formula is C18H19N5O3. The molecule has 0 saturated carbocycles. The van der Waals surface area contributed by atoms with Gasteiger partial charge in [0.25, 0.3) is 0 Å². The topological polar surface area (TPSA) is 92.0 Å². The lowest BCUT2D eigenvalue weighted by Crippen LogP contribution is -2.12. The van der Waals surface area contributed by atoms with Gasteiger partial charge >= 0.3 is 5.97 Å². The van der Waals surface area contributed by atoms with Crippen LogP contribution in [0.15, 0.2) is 42.9 Å². The molecule has 0 aliphatic heterocycles. The molecule has 26 heavy (non-hydrogen) atoms. The van der Waals surface area contributed by atoms with Crippen LogP contribution in [0, 0.1) is 6.92 Å². The fourth-order valence-electron chi connectivity index (χ4n) is 2.35. The molecule has 2 heterocycles. The van der Waals surface area contributed by atoms with Gasteiger partial charge in [-0.25, -0.2) is 14.6 Å². The summed E-state index contributed by atoms with van der Waals surface area (Å²) in [5.74, 6) is 0.805. The van der Waals surface area contributed by atoms with E-state index in [1.165, 1.54) is 6.92 Å². The smallest absolute Gasteiger partial charge is 0.302 e. The van der Waals surface area contributed by atoms with Crippen molar-refractivity contribution in [2.45, 2.75) is 20.6 Å². The van der Waals surface area contributed by atoms with E-state index in [-0.39, 0.29) is 25.9 Å². The number of aryl methyl sites for hydroxylation is 1. The summed E-state index contributed by atoms with van der Waals surface area (Å²) in [7, 11) is 0. The first-order chi connectivity index (χ1) is 12.6. The summed E-state index contributed by atoms with van der Waals surface area (Å²) in [4.78, 5) is 23.7. The van der Waals surface area contributed by atoms with Crippen LogP contribution >= 0.6 is 0 Å². The first kappa shape index (κ1) is 17.7. The predicted molar refractivity (Wildman–Crippen MR) is 93.8 cm³/mol. The second-order valence-electron chi connectivity index (χ2n) is 5.60. The number of ether oxygens (including phenoxy) is 2. The zero-order chi connectivity index (χ0) is 18.4. The highest BCUT2D eigenvalue weighted by molar-refractivity contribution is 5.65. The van der Waals surface area contributed by atoms with Crippen molar-refractivity contribution < 1.29 is 14.3 Å². The van der Waals surface area contributed by atoms with Crippen LogP contribution in [0.2, 0.25) is 0 Å². The minimum atomic E-state index is -0.334. The van der Waals surface area contributed by atoms with Crippen molar-refractivity contribution in [3.8, 4) is 22.9 Å². The average Bonchev–Trinajstić information content (AvgIpc) is 3.06. The molecule has 0 N–H and O–H groups in total. The van der Waals surface area contributed by atoms with Crippen molar-refractivity contribution in [2.75, 3.05) is 13.2 Å². The van der Waals surface area contributed by atoms with Gasteiger partial charge in [-0.1, -0.05) is 23.8 Å². The summed E-state index contributed by atoms with van der Waals surface area (Å²) >= 11 is 0. The molecule has 0 fully saturated rings. The number of nitrogens with zero attached hydrogens (tertiary/aromatic N) is 5. The quantitative estimate of drug-likeness (QED) is 0.475. The summed E-state index contributed by atoms with van der Waals surface area (Å²) in [5, 5.41) is 4.49. The Morgan fingerprint density at radius 3 is 2.85 bits per heavy atom. The highest BCUT2D eigenvalue weighted by Crippen LogP contribution is 2.22. The van der Waals surface area contributed by atoms with E-state index in [9.17, 15) is 4.79 Å². The molecule has 0 spiro atoms. The minimum absolute atomic E-state index is 0.178. The first-order valence-electron chi connectivity index (χ1n) is 8.13. The summed E-state index contributed by atoms with van der Waals surface area (Å²) < 4.78 is 12.1. The lowest BCUT2D eigenvalue weighted by Gasteiger charge is -2.08. The minimum Gasteiger partial charge on any atom is -0.463 e. The fraction of sp³-hybridized carbons (Fsp3) is 0.278. The SMILES string of the molecule is CC(=O)OCCOCn1nc(-c2cnccn2)nc1-c1cccc(C)c1. The second kappa shape index (κ2) is 8.30. The number of rotatable bonds is 7. The molecular weight excluding hydrogens is 334 g/mol. The van der Waals surface area contributed by atoms with Crippen molar-refractivity contribution >= 4 is 5.97 Å². The number of hydrogen-bond donors (Lipinski definition) is 0. The largest absolute Gasteiger partial charge is 0.463 e. The normalized spacial score (nSPS) is 10.7. The van der Waals surface area contributed by atoms with Crippen LogP contribution in [0.5, 0.6) is 0 Å². The van der Waals surface area contributed by atoms with E-state index in [1.54, 1.807) is 23.3 Å². The van der Waals surface area contributed by atoms with Gasteiger partial charge in [-0.3, -0.25) is 9.78 Å². The van der Waals surface area contributed by atoms with Crippen LogP contribution in [-0.2, 0) is 21.0 Å². The van der Waals surface area contributed by atoms with Crippen LogP contribution in [0.25, 0.3) is 22.9 Å². The van der Waals surface area contributed by atoms with Crippen molar-refractivity contribution in [1.29, 1.82) is 0 Å². The van der Waals surface area contributed by atoms with E-state index >= 15 is 0 Å². The second-order valence-corrected chi connectivity index (χ2v) is 5.60. The fourth-order valence-corrected chi connectivity index (χ4v) is 2.35. The van der Waals surface area contributed by atoms with E-state index in [1.807, 2.05) is 31.2 Å². The van der Waals surface area contributed by atoms with Gasteiger partial charge in [0.2, 0.25) is 5.82 Å². The Morgan fingerprint density at radius 1 is 1.23 bits per heavy atom. The van der Waals surface area contributed by atoms with Crippen LogP contribution in [0.4, 0.5) is 0 Å². The van der Waals surface area contributed by atoms with Crippen LogP contribution in [0.1, 0.15) is 12.5 Å². The molecule has 1 aromatic carbocycles. The molecule has 3 aromatic rings. The molecule has 8 nitrogen and oxygen atoms in total. The maximum Gasteiger partial charge on any atom is 0.302 e. The van der Waals surface area contributed by atoms with E-state index in [0.717, 1.165) is 11.1 Å². The van der Waals surface area contributed by atoms with E-state index in [0.29, 0.717) is 17.3 Å². The summed E-state index contributed by atoms with van der Waals surface area (Å²) in [6.07, 6.45) is 4.80. The number of benzene rings is 1. The van der Waals surface area contributed by atoms with Crippen LogP contribution in [0.3, 0.4) is 0 Å². The molecule has 0 bridgehead atoms. The molecule has 3 rings (SSSR count). The maximum atomic E-state index is 10.8. The number of esters is 1. The molecule has 8 heteroatoms. The molecule has 2 aromatic heterocycles. The zero-order valence-electron chi connectivity index (χ0n) is 14.6. The summed E-state index contributed by atoms with van der Waals surface area (Å²) in [5.41, 5.74) is 2.63. The van der Waals surface area contributed by atoms with E-state index < -0.39 is 0 Å². The van der Waals surface area contributed by atoms with E-state index in [2.05, 4.69) is 20.1 Å². The molecule has 0 aliphatic rings. The van der Waals surface area contributed by atoms with Crippen molar-refractivity contribution in [3.63, 3.8) is 0 Å². The van der Waals surface area contributed by atoms with Gasteiger partial charge in [-0.15, -0.1) is 5.10 Å². The third kappa shape index (κ3) is 4.48. The Kier molecular flexibility index (Phi) is 5.65. The van der Waals surface area contributed by atoms with Gasteiger partial charge in [0.15, 0.2) is 5.82 Å². The number of carbonyl (C=O) groups excluding carboxylic acids is 1. The van der Waals surface area contributed by atoms with Gasteiger partial charge in [-0.05, 0) is 13.0 Å². The molecule has 134 valence electrons. The molecule has 0 atom stereocenters. The molecule has 0 saturated heterocycles. The standard InChI is InChI=1S/C18H19N5O3/c1-13-4-3-5-15(10-13)18-21-17(16-11-19-6-7-20-16)22-23(18)12-25-8-9-26-14(2)24/h3-7,10-11H,8-9,12H2,1-2H3. The predicted octanol–water partition coefficient (Wildman–Crippen LogP) is 2.25. The summed E-state index contributed by atoms with van der Waals surface area (Å²) in [6, 6.07) is 7.98. The van der Waals surface area contributed by atoms with Gasteiger partial charge in [0.1, 0.15) is 19.0 Å². The highest BCUT2D eigenvalue weighted by Gasteiger charge is 2.14. The average molecular weight is 353 g/mol. The number of hydrogen-bond acceptors (Lipinski definition) is 7. The molecule has 0 radical (unpaired) electrons. The van der Waals surface area contributed by atoms with Crippen LogP contribution in [-0.4, -0.2) is 43.9 Å². The van der Waals surface area contributed by atoms with Crippen molar-refractivity contribution in [3.05, 3.63) is 48.4 Å². The number of aromatic nitrogens is 5. The Balaban J connectivity index is 1.83. The van der Waals surface area contributed by atoms with Gasteiger partial charge in [0.05, 0.1) is 12.8 Å². The van der Waals surface area contributed by atoms with Crippen molar-refractivity contribution in [2.24, 2.45) is 0 Å². The Labute approximate surface area is 150 Å². The molecule has 0 unspecified atom stereocenters. The molecule has 0 aliphatic carbocycles. The Morgan fingerprint density at radius 2 is 2.12 bits per heavy atom. The Hall–Kier alpha value is -3.13. The van der Waals surface area contributed by atoms with Crippen molar-refractivity contribution in [1.82, 2.24) is 24.7 Å². The van der Waals surface area contributed by atoms with Crippen LogP contribution < -0.4 is 0 Å². The Bertz CT molecular complexity index is 880. The van der Waals surface area contributed by atoms with E-state index in [4.69, 9.17) is 9.47 Å². The van der Waals surface area contributed by atoms with Gasteiger partial charge < -0.3 is 9.47 Å². The third-order valence-corrected chi connectivity index (χ3v) is 3.49. The maximum absolute atomic E-state index is 10.8. The first-order valence-corrected chi connectivity index (χ1v) is 8.13. The van der Waals surface area contributed by atoms with Gasteiger partial charge in [-0.2, -0.15) is 0 Å². The zero-order valence-corrected chi connectivity index (χ0v) is 14.6.